The van der Waals surface area contributed by atoms with E-state index in [0.29, 0.717) is 17.9 Å². The van der Waals surface area contributed by atoms with Gasteiger partial charge in [0.25, 0.3) is 0 Å². The van der Waals surface area contributed by atoms with Gasteiger partial charge in [-0.1, -0.05) is 18.2 Å². The Bertz CT molecular complexity index is 1080. The molecular weight excluding hydrogens is 350 g/mol. The molecule has 5 heteroatoms. The Morgan fingerprint density at radius 1 is 0.821 bits per heavy atom. The number of nitrogens with one attached hydrogen (secondary N) is 1. The Morgan fingerprint density at radius 2 is 1.50 bits per heavy atom. The lowest BCUT2D eigenvalue weighted by Gasteiger charge is -2.06. The number of para-hydroxylation sites is 1. The first-order valence-corrected chi connectivity index (χ1v) is 8.81. The molecule has 0 saturated carbocycles. The van der Waals surface area contributed by atoms with E-state index in [9.17, 15) is 0 Å². The van der Waals surface area contributed by atoms with Crippen LogP contribution in [0, 0.1) is 11.3 Å². The van der Waals surface area contributed by atoms with E-state index in [4.69, 9.17) is 14.7 Å². The van der Waals surface area contributed by atoms with E-state index in [1.165, 1.54) is 0 Å². The molecule has 0 atom stereocenters. The lowest BCUT2D eigenvalue weighted by Crippen LogP contribution is -1.97. The summed E-state index contributed by atoms with van der Waals surface area (Å²) < 4.78 is 11.5. The molecule has 3 aromatic carbocycles. The Balaban J connectivity index is 1.39. The van der Waals surface area contributed by atoms with Gasteiger partial charge >= 0.3 is 0 Å². The molecule has 1 aromatic heterocycles. The van der Waals surface area contributed by atoms with Crippen LogP contribution in [0.3, 0.4) is 0 Å². The first-order chi connectivity index (χ1) is 13.8. The molecule has 136 valence electrons. The zero-order valence-electron chi connectivity index (χ0n) is 15.0. The van der Waals surface area contributed by atoms with Crippen LogP contribution in [0.1, 0.15) is 11.4 Å². The molecule has 0 aliphatic rings. The zero-order valence-corrected chi connectivity index (χ0v) is 15.0. The number of imidazole rings is 1. The van der Waals surface area contributed by atoms with E-state index in [1.807, 2.05) is 60.8 Å². The summed E-state index contributed by atoms with van der Waals surface area (Å²) in [5, 5.41) is 8.84. The molecule has 0 amide bonds. The van der Waals surface area contributed by atoms with Gasteiger partial charge in [-0.05, 0) is 60.7 Å². The molecule has 4 aromatic rings. The van der Waals surface area contributed by atoms with Crippen LogP contribution in [0.15, 0.2) is 85.1 Å². The highest BCUT2D eigenvalue weighted by atomic mass is 16.5. The lowest BCUT2D eigenvalue weighted by atomic mass is 10.1. The number of nitrogens with zero attached hydrogens (tertiary/aromatic N) is 2. The molecule has 0 fully saturated rings. The van der Waals surface area contributed by atoms with Gasteiger partial charge in [-0.2, -0.15) is 5.26 Å². The molecule has 0 unspecified atom stereocenters. The summed E-state index contributed by atoms with van der Waals surface area (Å²) in [7, 11) is 0. The smallest absolute Gasteiger partial charge is 0.146 e. The van der Waals surface area contributed by atoms with E-state index in [-0.39, 0.29) is 0 Å². The highest BCUT2D eigenvalue weighted by Crippen LogP contribution is 2.25. The number of aromatic amines is 1. The van der Waals surface area contributed by atoms with Crippen LogP contribution in [0.4, 0.5) is 0 Å². The zero-order chi connectivity index (χ0) is 19.2. The summed E-state index contributed by atoms with van der Waals surface area (Å²) in [6.45, 7) is 0.379. The molecule has 5 nitrogen and oxygen atoms in total. The van der Waals surface area contributed by atoms with Gasteiger partial charge in [-0.3, -0.25) is 0 Å². The fraction of sp³-hybridized carbons (Fsp3) is 0.0435. The van der Waals surface area contributed by atoms with Gasteiger partial charge in [0.05, 0.1) is 17.3 Å². The minimum atomic E-state index is 0.379. The van der Waals surface area contributed by atoms with E-state index in [2.05, 4.69) is 16.0 Å². The topological polar surface area (TPSA) is 70.9 Å². The third kappa shape index (κ3) is 4.19. The Morgan fingerprint density at radius 3 is 2.18 bits per heavy atom. The van der Waals surface area contributed by atoms with Crippen molar-refractivity contribution in [3.05, 3.63) is 96.4 Å². The summed E-state index contributed by atoms with van der Waals surface area (Å²) in [5.41, 5.74) is 2.43. The van der Waals surface area contributed by atoms with Crippen LogP contribution >= 0.6 is 0 Å². The van der Waals surface area contributed by atoms with Gasteiger partial charge in [0.2, 0.25) is 0 Å². The molecule has 0 spiro atoms. The SMILES string of the molecule is N#Cc1ccc(Oc2ccc(-c3c[nH]c(COc4ccccc4)n3)cc2)cc1. The highest BCUT2D eigenvalue weighted by molar-refractivity contribution is 5.59. The maximum Gasteiger partial charge on any atom is 0.146 e. The summed E-state index contributed by atoms with van der Waals surface area (Å²) in [5.74, 6) is 2.98. The van der Waals surface area contributed by atoms with Crippen LogP contribution in [-0.2, 0) is 6.61 Å². The molecule has 0 radical (unpaired) electrons. The average Bonchev–Trinajstić information content (AvgIpc) is 3.23. The van der Waals surface area contributed by atoms with Crippen LogP contribution < -0.4 is 9.47 Å². The molecule has 4 rings (SSSR count). The van der Waals surface area contributed by atoms with E-state index >= 15 is 0 Å². The van der Waals surface area contributed by atoms with Gasteiger partial charge in [0.15, 0.2) is 0 Å². The van der Waals surface area contributed by atoms with Crippen molar-refractivity contribution >= 4 is 0 Å². The average molecular weight is 367 g/mol. The van der Waals surface area contributed by atoms with Crippen molar-refractivity contribution in [3.63, 3.8) is 0 Å². The second kappa shape index (κ2) is 8.11. The Kier molecular flexibility index (Phi) is 5.03. The largest absolute Gasteiger partial charge is 0.486 e. The maximum absolute atomic E-state index is 8.84. The van der Waals surface area contributed by atoms with Crippen LogP contribution in [-0.4, -0.2) is 9.97 Å². The Labute approximate surface area is 162 Å². The second-order valence-electron chi connectivity index (χ2n) is 6.10. The summed E-state index contributed by atoms with van der Waals surface area (Å²) in [6, 6.07) is 26.4. The first-order valence-electron chi connectivity index (χ1n) is 8.81. The van der Waals surface area contributed by atoms with Crippen molar-refractivity contribution in [2.24, 2.45) is 0 Å². The van der Waals surface area contributed by atoms with Gasteiger partial charge in [0, 0.05) is 11.8 Å². The first kappa shape index (κ1) is 17.4. The number of H-pyrrole nitrogens is 1. The standard InChI is InChI=1S/C23H17N3O2/c24-14-17-6-10-20(11-7-17)28-21-12-8-18(9-13-21)22-15-25-23(26-22)16-27-19-4-2-1-3-5-19/h1-13,15H,16H2,(H,25,26). The lowest BCUT2D eigenvalue weighted by molar-refractivity contribution is 0.297. The molecule has 0 aliphatic carbocycles. The third-order valence-corrected chi connectivity index (χ3v) is 4.12. The predicted octanol–water partition coefficient (Wildman–Crippen LogP) is 5.32. The predicted molar refractivity (Wildman–Crippen MR) is 106 cm³/mol. The molecule has 0 aliphatic heterocycles. The third-order valence-electron chi connectivity index (χ3n) is 4.12. The molecule has 28 heavy (non-hydrogen) atoms. The molecular formula is C23H17N3O2. The fourth-order valence-electron chi connectivity index (χ4n) is 2.68. The quantitative estimate of drug-likeness (QED) is 0.501. The number of ether oxygens (including phenoxy) is 2. The van der Waals surface area contributed by atoms with Crippen LogP contribution in [0.2, 0.25) is 0 Å². The number of rotatable bonds is 6. The van der Waals surface area contributed by atoms with Crippen molar-refractivity contribution < 1.29 is 9.47 Å². The molecule has 1 heterocycles. The number of aromatic nitrogens is 2. The molecule has 1 N–H and O–H groups in total. The van der Waals surface area contributed by atoms with Gasteiger partial charge in [0.1, 0.15) is 29.7 Å². The van der Waals surface area contributed by atoms with Crippen LogP contribution in [0.5, 0.6) is 17.2 Å². The van der Waals surface area contributed by atoms with Crippen molar-refractivity contribution in [1.82, 2.24) is 9.97 Å². The maximum atomic E-state index is 8.84. The molecule has 0 bridgehead atoms. The minimum absolute atomic E-state index is 0.379. The van der Waals surface area contributed by atoms with Crippen molar-refractivity contribution in [2.75, 3.05) is 0 Å². The summed E-state index contributed by atoms with van der Waals surface area (Å²) in [6.07, 6.45) is 1.86. The minimum Gasteiger partial charge on any atom is -0.486 e. The van der Waals surface area contributed by atoms with Gasteiger partial charge in [-0.15, -0.1) is 0 Å². The summed E-state index contributed by atoms with van der Waals surface area (Å²) in [4.78, 5) is 7.72. The van der Waals surface area contributed by atoms with Gasteiger partial charge < -0.3 is 14.5 Å². The summed E-state index contributed by atoms with van der Waals surface area (Å²) >= 11 is 0. The number of benzene rings is 3. The van der Waals surface area contributed by atoms with Gasteiger partial charge in [-0.25, -0.2) is 4.98 Å². The monoisotopic (exact) mass is 367 g/mol. The number of nitriles is 1. The van der Waals surface area contributed by atoms with E-state index in [0.717, 1.165) is 28.6 Å². The number of hydrogen-bond donors (Lipinski definition) is 1. The second-order valence-corrected chi connectivity index (χ2v) is 6.10. The number of hydrogen-bond acceptors (Lipinski definition) is 4. The van der Waals surface area contributed by atoms with Crippen LogP contribution in [0.25, 0.3) is 11.3 Å². The highest BCUT2D eigenvalue weighted by Gasteiger charge is 2.06. The van der Waals surface area contributed by atoms with Crippen molar-refractivity contribution in [3.8, 4) is 34.6 Å². The van der Waals surface area contributed by atoms with E-state index < -0.39 is 0 Å². The van der Waals surface area contributed by atoms with Crippen molar-refractivity contribution in [2.45, 2.75) is 6.61 Å². The van der Waals surface area contributed by atoms with Crippen molar-refractivity contribution in [1.29, 1.82) is 5.26 Å². The van der Waals surface area contributed by atoms with E-state index in [1.54, 1.807) is 24.3 Å². The Hall–Kier alpha value is -4.04. The normalized spacial score (nSPS) is 10.2. The molecule has 0 saturated heterocycles. The fourth-order valence-corrected chi connectivity index (χ4v) is 2.68.